The molecule has 0 aromatic carbocycles. The van der Waals surface area contributed by atoms with E-state index in [1.165, 1.54) is 39.6 Å². The monoisotopic (exact) mass is 436 g/mol. The second-order valence-corrected chi connectivity index (χ2v) is 7.60. The third-order valence-corrected chi connectivity index (χ3v) is 5.07. The van der Waals surface area contributed by atoms with Gasteiger partial charge in [-0.2, -0.15) is 0 Å². The van der Waals surface area contributed by atoms with E-state index in [1.54, 1.807) is 13.8 Å². The van der Waals surface area contributed by atoms with Gasteiger partial charge in [0.1, 0.15) is 6.10 Å². The van der Waals surface area contributed by atoms with Crippen molar-refractivity contribution in [2.45, 2.75) is 70.6 Å². The lowest BCUT2D eigenvalue weighted by Gasteiger charge is -2.44. The summed E-state index contributed by atoms with van der Waals surface area (Å²) in [4.78, 5) is 46.7. The minimum atomic E-state index is -1.15. The molecule has 6 atom stereocenters. The van der Waals surface area contributed by atoms with Crippen molar-refractivity contribution in [3.05, 3.63) is 0 Å². The highest BCUT2D eigenvalue weighted by molar-refractivity contribution is 8.00. The summed E-state index contributed by atoms with van der Waals surface area (Å²) in [7, 11) is 1.34. The summed E-state index contributed by atoms with van der Waals surface area (Å²) in [6.45, 7) is 7.19. The first-order valence-corrected chi connectivity index (χ1v) is 10.1. The fraction of sp³-hybridized carbons (Fsp3) is 0.778. The molecule has 0 bridgehead atoms. The van der Waals surface area contributed by atoms with Crippen LogP contribution in [0.15, 0.2) is 0 Å². The van der Waals surface area contributed by atoms with Crippen molar-refractivity contribution < 1.29 is 47.6 Å². The van der Waals surface area contributed by atoms with Gasteiger partial charge in [-0.25, -0.2) is 0 Å². The third kappa shape index (κ3) is 7.82. The first-order valence-electron chi connectivity index (χ1n) is 9.08. The average Bonchev–Trinajstić information content (AvgIpc) is 2.62. The first kappa shape index (κ1) is 25.2. The number of ether oxygens (including phenoxy) is 6. The van der Waals surface area contributed by atoms with Crippen molar-refractivity contribution >= 4 is 35.6 Å². The largest absolute Gasteiger partial charge is 0.465 e. The number of hydrogen-bond donors (Lipinski definition) is 0. The van der Waals surface area contributed by atoms with Gasteiger partial charge in [-0.15, -0.1) is 11.8 Å². The summed E-state index contributed by atoms with van der Waals surface area (Å²) in [5.74, 6) is -2.14. The van der Waals surface area contributed by atoms with Crippen LogP contribution < -0.4 is 0 Å². The number of methoxy groups -OCH3 is 1. The summed E-state index contributed by atoms with van der Waals surface area (Å²) >= 11 is 1.22. The Morgan fingerprint density at radius 3 is 1.93 bits per heavy atom. The topological polar surface area (TPSA) is 124 Å². The van der Waals surface area contributed by atoms with E-state index in [4.69, 9.17) is 28.4 Å². The lowest BCUT2D eigenvalue weighted by Crippen LogP contribution is -2.62. The van der Waals surface area contributed by atoms with Crippen LogP contribution in [0, 0.1) is 0 Å². The molecular formula is C18H28O10S. The molecule has 1 aliphatic heterocycles. The maximum Gasteiger partial charge on any atom is 0.318 e. The molecule has 0 amide bonds. The molecule has 10 nitrogen and oxygen atoms in total. The second kappa shape index (κ2) is 12.0. The van der Waals surface area contributed by atoms with Gasteiger partial charge >= 0.3 is 23.9 Å². The lowest BCUT2D eigenvalue weighted by molar-refractivity contribution is -0.293. The van der Waals surface area contributed by atoms with Crippen molar-refractivity contribution in [3.63, 3.8) is 0 Å². The predicted octanol–water partition coefficient (Wildman–Crippen LogP) is 0.838. The van der Waals surface area contributed by atoms with Gasteiger partial charge in [0.15, 0.2) is 24.6 Å². The van der Waals surface area contributed by atoms with Gasteiger partial charge in [0.2, 0.25) is 0 Å². The van der Waals surface area contributed by atoms with Gasteiger partial charge < -0.3 is 28.4 Å². The van der Waals surface area contributed by atoms with Gasteiger partial charge in [-0.05, 0) is 13.8 Å². The predicted molar refractivity (Wildman–Crippen MR) is 101 cm³/mol. The molecule has 29 heavy (non-hydrogen) atoms. The molecule has 0 saturated carbocycles. The zero-order valence-corrected chi connectivity index (χ0v) is 18.2. The SMILES string of the molecule is CCOC(=O)C(C)SC[C@H]1O[C@@H](OC)[C@H](OC(C)=O)[C@@H](OC(C)=O)[C@H]1OC(C)=O. The maximum atomic E-state index is 11.9. The number of carbonyl (C=O) groups is 4. The van der Waals surface area contributed by atoms with Gasteiger partial charge in [0, 0.05) is 33.6 Å². The Balaban J connectivity index is 3.11. The fourth-order valence-corrected chi connectivity index (χ4v) is 3.70. The van der Waals surface area contributed by atoms with Gasteiger partial charge in [0.25, 0.3) is 0 Å². The van der Waals surface area contributed by atoms with E-state index in [-0.39, 0.29) is 12.4 Å². The quantitative estimate of drug-likeness (QED) is 0.377. The number of carbonyl (C=O) groups excluding carboxylic acids is 4. The van der Waals surface area contributed by atoms with E-state index in [0.29, 0.717) is 0 Å². The lowest BCUT2D eigenvalue weighted by atomic mass is 9.98. The van der Waals surface area contributed by atoms with Gasteiger partial charge in [-0.3, -0.25) is 19.2 Å². The summed E-state index contributed by atoms with van der Waals surface area (Å²) in [6.07, 6.45) is -5.24. The van der Waals surface area contributed by atoms with Crippen LogP contribution in [0.4, 0.5) is 0 Å². The van der Waals surface area contributed by atoms with Crippen LogP contribution in [-0.2, 0) is 47.6 Å². The summed E-state index contributed by atoms with van der Waals surface area (Å²) in [5, 5.41) is -0.504. The van der Waals surface area contributed by atoms with Crippen molar-refractivity contribution in [2.24, 2.45) is 0 Å². The van der Waals surface area contributed by atoms with Crippen molar-refractivity contribution in [1.82, 2.24) is 0 Å². The zero-order valence-electron chi connectivity index (χ0n) is 17.4. The third-order valence-electron chi connectivity index (χ3n) is 3.86. The molecular weight excluding hydrogens is 408 g/mol. The summed E-state index contributed by atoms with van der Waals surface area (Å²) in [5.41, 5.74) is 0. The molecule has 0 radical (unpaired) electrons. The minimum absolute atomic E-state index is 0.197. The number of hydrogen-bond acceptors (Lipinski definition) is 11. The average molecular weight is 436 g/mol. The Hall–Kier alpha value is -1.85. The summed E-state index contributed by atoms with van der Waals surface area (Å²) in [6, 6.07) is 0. The number of rotatable bonds is 9. The van der Waals surface area contributed by atoms with Crippen molar-refractivity contribution in [2.75, 3.05) is 19.5 Å². The standard InChI is InChI=1S/C18H28O10S/c1-7-24-17(22)9(2)29-8-13-14(25-10(3)19)15(26-11(4)20)16(27-12(5)21)18(23-6)28-13/h9,13-16,18H,7-8H2,1-6H3/t9?,13-,14+,15+,16-,18-/m1/s1. The maximum absolute atomic E-state index is 11.9. The van der Waals surface area contributed by atoms with Crippen LogP contribution in [-0.4, -0.2) is 79.3 Å². The molecule has 166 valence electrons. The molecule has 0 aromatic rings. The van der Waals surface area contributed by atoms with E-state index in [2.05, 4.69) is 0 Å². The molecule has 1 rings (SSSR count). The molecule has 0 aliphatic carbocycles. The van der Waals surface area contributed by atoms with E-state index in [9.17, 15) is 19.2 Å². The van der Waals surface area contributed by atoms with Crippen molar-refractivity contribution in [1.29, 1.82) is 0 Å². The molecule has 1 heterocycles. The smallest absolute Gasteiger partial charge is 0.318 e. The summed E-state index contributed by atoms with van der Waals surface area (Å²) < 4.78 is 31.9. The highest BCUT2D eigenvalue weighted by Crippen LogP contribution is 2.31. The van der Waals surface area contributed by atoms with Crippen molar-refractivity contribution in [3.8, 4) is 0 Å². The Bertz CT molecular complexity index is 595. The van der Waals surface area contributed by atoms with E-state index in [1.807, 2.05) is 0 Å². The Morgan fingerprint density at radius 1 is 0.931 bits per heavy atom. The number of esters is 4. The molecule has 0 aromatic heterocycles. The minimum Gasteiger partial charge on any atom is -0.465 e. The molecule has 1 unspecified atom stereocenters. The molecule has 1 fully saturated rings. The Labute approximate surface area is 173 Å². The van der Waals surface area contributed by atoms with E-state index in [0.717, 1.165) is 0 Å². The fourth-order valence-electron chi connectivity index (χ4n) is 2.75. The molecule has 1 aliphatic rings. The van der Waals surface area contributed by atoms with Crippen LogP contribution in [0.3, 0.4) is 0 Å². The van der Waals surface area contributed by atoms with Crippen LogP contribution >= 0.6 is 11.8 Å². The highest BCUT2D eigenvalue weighted by atomic mass is 32.2. The van der Waals surface area contributed by atoms with Crippen LogP contribution in [0.2, 0.25) is 0 Å². The Morgan fingerprint density at radius 2 is 1.45 bits per heavy atom. The first-order chi connectivity index (χ1) is 13.6. The number of thioether (sulfide) groups is 1. The van der Waals surface area contributed by atoms with Gasteiger partial charge in [-0.1, -0.05) is 0 Å². The molecule has 0 N–H and O–H groups in total. The Kier molecular flexibility index (Phi) is 10.4. The molecule has 1 saturated heterocycles. The van der Waals surface area contributed by atoms with Crippen LogP contribution in [0.1, 0.15) is 34.6 Å². The normalized spacial score (nSPS) is 27.4. The highest BCUT2D eigenvalue weighted by Gasteiger charge is 2.52. The second-order valence-electron chi connectivity index (χ2n) is 6.23. The molecule has 11 heteroatoms. The van der Waals surface area contributed by atoms with Crippen LogP contribution in [0.25, 0.3) is 0 Å². The van der Waals surface area contributed by atoms with E-state index < -0.39 is 59.8 Å². The molecule has 0 spiro atoms. The van der Waals surface area contributed by atoms with Gasteiger partial charge in [0.05, 0.1) is 11.9 Å². The zero-order chi connectivity index (χ0) is 22.1. The van der Waals surface area contributed by atoms with Crippen LogP contribution in [0.5, 0.6) is 0 Å². The van der Waals surface area contributed by atoms with E-state index >= 15 is 0 Å².